The van der Waals surface area contributed by atoms with Crippen molar-refractivity contribution in [2.75, 3.05) is 26.2 Å². The molecule has 5 heteroatoms. The van der Waals surface area contributed by atoms with E-state index in [1.54, 1.807) is 0 Å². The molecule has 0 aromatic heterocycles. The maximum atomic E-state index is 13.5. The summed E-state index contributed by atoms with van der Waals surface area (Å²) in [5.41, 5.74) is 4.02. The molecule has 2 aromatic carbocycles. The Labute approximate surface area is 217 Å². The van der Waals surface area contributed by atoms with Crippen molar-refractivity contribution >= 4 is 11.7 Å². The van der Waals surface area contributed by atoms with E-state index in [4.69, 9.17) is 0 Å². The van der Waals surface area contributed by atoms with Crippen LogP contribution in [0.5, 0.6) is 0 Å². The molecule has 1 fully saturated rings. The lowest BCUT2D eigenvalue weighted by molar-refractivity contribution is -0.132. The Kier molecular flexibility index (Phi) is 9.71. The molecule has 0 unspecified atom stereocenters. The molecule has 0 aliphatic carbocycles. The fourth-order valence-electron chi connectivity index (χ4n) is 5.72. The van der Waals surface area contributed by atoms with Crippen LogP contribution in [0.4, 0.5) is 0 Å². The first-order valence-electron chi connectivity index (χ1n) is 13.9. The van der Waals surface area contributed by atoms with E-state index in [2.05, 4.69) is 77.5 Å². The maximum Gasteiger partial charge on any atom is 0.237 e. The number of aryl methyl sites for hydroxylation is 1. The van der Waals surface area contributed by atoms with Crippen LogP contribution in [0.15, 0.2) is 54.6 Å². The number of Topliss-reactive ketones (excluding diaryl/α,β-unsaturated/α-hetero) is 1. The zero-order valence-corrected chi connectivity index (χ0v) is 22.1. The van der Waals surface area contributed by atoms with E-state index in [-0.39, 0.29) is 17.7 Å². The van der Waals surface area contributed by atoms with Gasteiger partial charge in [0, 0.05) is 13.1 Å². The third-order valence-electron chi connectivity index (χ3n) is 7.67. The summed E-state index contributed by atoms with van der Waals surface area (Å²) >= 11 is 0. The highest BCUT2D eigenvalue weighted by atomic mass is 16.2. The first kappa shape index (κ1) is 26.6. The lowest BCUT2D eigenvalue weighted by Gasteiger charge is -2.36. The van der Waals surface area contributed by atoms with E-state index in [9.17, 15) is 9.59 Å². The van der Waals surface area contributed by atoms with E-state index in [0.717, 1.165) is 64.7 Å². The predicted molar refractivity (Wildman–Crippen MR) is 146 cm³/mol. The number of ketones is 1. The predicted octanol–water partition coefficient (Wildman–Crippen LogP) is 4.63. The van der Waals surface area contributed by atoms with Gasteiger partial charge in [0.1, 0.15) is 0 Å². The molecule has 1 saturated heterocycles. The van der Waals surface area contributed by atoms with Gasteiger partial charge < -0.3 is 5.32 Å². The second-order valence-corrected chi connectivity index (χ2v) is 11.0. The fraction of sp³-hybridized carbons (Fsp3) is 0.548. The number of fused-ring (bicyclic) bond motifs is 1. The first-order chi connectivity index (χ1) is 17.5. The molecule has 4 rings (SSSR count). The van der Waals surface area contributed by atoms with Gasteiger partial charge in [-0.3, -0.25) is 19.4 Å². The number of likely N-dealkylation sites (tertiary alicyclic amines) is 1. The van der Waals surface area contributed by atoms with E-state index in [0.29, 0.717) is 18.9 Å². The van der Waals surface area contributed by atoms with Crippen molar-refractivity contribution in [1.29, 1.82) is 0 Å². The van der Waals surface area contributed by atoms with Gasteiger partial charge in [-0.15, -0.1) is 0 Å². The Morgan fingerprint density at radius 2 is 1.69 bits per heavy atom. The molecule has 2 aliphatic rings. The van der Waals surface area contributed by atoms with Gasteiger partial charge in [-0.1, -0.05) is 74.9 Å². The van der Waals surface area contributed by atoms with E-state index >= 15 is 0 Å². The number of nitrogens with zero attached hydrogens (tertiary/aromatic N) is 2. The summed E-state index contributed by atoms with van der Waals surface area (Å²) < 4.78 is 0. The molecule has 0 bridgehead atoms. The Balaban J connectivity index is 1.38. The first-order valence-corrected chi connectivity index (χ1v) is 13.9. The van der Waals surface area contributed by atoms with Crippen LogP contribution < -0.4 is 5.32 Å². The summed E-state index contributed by atoms with van der Waals surface area (Å²) in [4.78, 5) is 31.6. The molecule has 2 heterocycles. The highest BCUT2D eigenvalue weighted by molar-refractivity contribution is 5.92. The smallest absolute Gasteiger partial charge is 0.237 e. The number of piperidine rings is 1. The van der Waals surface area contributed by atoms with Crippen LogP contribution >= 0.6 is 0 Å². The van der Waals surface area contributed by atoms with Crippen LogP contribution in [-0.4, -0.2) is 59.8 Å². The zero-order chi connectivity index (χ0) is 25.3. The average molecular weight is 490 g/mol. The van der Waals surface area contributed by atoms with Crippen molar-refractivity contribution in [3.63, 3.8) is 0 Å². The van der Waals surface area contributed by atoms with Crippen molar-refractivity contribution in [3.05, 3.63) is 71.3 Å². The molecule has 194 valence electrons. The number of carbonyl (C=O) groups excluding carboxylic acids is 2. The van der Waals surface area contributed by atoms with Crippen LogP contribution in [0.1, 0.15) is 62.6 Å². The molecule has 0 radical (unpaired) electrons. The standard InChI is InChI=1S/C31H43N3O2/c1-24(2)21-28(30(35)23-33-18-10-15-26-13-6-7-14-27(26)22-33)32-31(36)29-16-8-9-19-34(29)20-17-25-11-4-3-5-12-25/h3-7,11-14,24,28-29H,8-10,15-23H2,1-2H3,(H,32,36)/t28-,29-/m0/s1. The van der Waals surface area contributed by atoms with E-state index < -0.39 is 6.04 Å². The van der Waals surface area contributed by atoms with Gasteiger partial charge in [0.2, 0.25) is 5.91 Å². The fourth-order valence-corrected chi connectivity index (χ4v) is 5.72. The normalized spacial score (nSPS) is 19.9. The topological polar surface area (TPSA) is 52.7 Å². The van der Waals surface area contributed by atoms with Gasteiger partial charge in [0.25, 0.3) is 0 Å². The summed E-state index contributed by atoms with van der Waals surface area (Å²) in [7, 11) is 0. The van der Waals surface area contributed by atoms with Gasteiger partial charge in [-0.2, -0.15) is 0 Å². The minimum absolute atomic E-state index is 0.0305. The molecule has 1 amide bonds. The molecule has 0 saturated carbocycles. The van der Waals surface area contributed by atoms with Gasteiger partial charge in [-0.05, 0) is 74.2 Å². The highest BCUT2D eigenvalue weighted by Crippen LogP contribution is 2.21. The highest BCUT2D eigenvalue weighted by Gasteiger charge is 2.32. The van der Waals surface area contributed by atoms with E-state index in [1.807, 2.05) is 6.07 Å². The van der Waals surface area contributed by atoms with Gasteiger partial charge in [0.05, 0.1) is 18.6 Å². The van der Waals surface area contributed by atoms with Crippen molar-refractivity contribution in [3.8, 4) is 0 Å². The third kappa shape index (κ3) is 7.50. The minimum atomic E-state index is -0.422. The maximum absolute atomic E-state index is 13.5. The van der Waals surface area contributed by atoms with Crippen LogP contribution in [0.3, 0.4) is 0 Å². The lowest BCUT2D eigenvalue weighted by atomic mass is 9.97. The van der Waals surface area contributed by atoms with Crippen molar-refractivity contribution in [1.82, 2.24) is 15.1 Å². The SMILES string of the molecule is CC(C)C[C@H](NC(=O)[C@@H]1CCCCN1CCc1ccccc1)C(=O)CN1CCCc2ccccc2C1. The molecular formula is C31H43N3O2. The Hall–Kier alpha value is -2.50. The van der Waals surface area contributed by atoms with Crippen LogP contribution in [-0.2, 0) is 29.0 Å². The average Bonchev–Trinajstić information content (AvgIpc) is 3.09. The molecule has 36 heavy (non-hydrogen) atoms. The summed E-state index contributed by atoms with van der Waals surface area (Å²) in [6, 6.07) is 18.5. The van der Waals surface area contributed by atoms with Crippen LogP contribution in [0.2, 0.25) is 0 Å². The Morgan fingerprint density at radius 1 is 0.944 bits per heavy atom. The van der Waals surface area contributed by atoms with E-state index in [1.165, 1.54) is 16.7 Å². The number of nitrogens with one attached hydrogen (secondary N) is 1. The number of hydrogen-bond acceptors (Lipinski definition) is 4. The zero-order valence-electron chi connectivity index (χ0n) is 22.1. The van der Waals surface area contributed by atoms with Crippen molar-refractivity contribution in [2.24, 2.45) is 5.92 Å². The van der Waals surface area contributed by atoms with Crippen LogP contribution in [0, 0.1) is 5.92 Å². The number of rotatable bonds is 10. The van der Waals surface area contributed by atoms with Crippen LogP contribution in [0.25, 0.3) is 0 Å². The number of hydrogen-bond donors (Lipinski definition) is 1. The molecular weight excluding hydrogens is 446 g/mol. The molecule has 0 spiro atoms. The molecule has 2 aliphatic heterocycles. The Morgan fingerprint density at radius 3 is 2.47 bits per heavy atom. The third-order valence-corrected chi connectivity index (χ3v) is 7.67. The lowest BCUT2D eigenvalue weighted by Crippen LogP contribution is -2.54. The quantitative estimate of drug-likeness (QED) is 0.529. The second-order valence-electron chi connectivity index (χ2n) is 11.0. The molecule has 1 N–H and O–H groups in total. The minimum Gasteiger partial charge on any atom is -0.345 e. The number of amides is 1. The summed E-state index contributed by atoms with van der Waals surface area (Å²) in [6.07, 6.45) is 6.81. The summed E-state index contributed by atoms with van der Waals surface area (Å²) in [5.74, 6) is 0.510. The van der Waals surface area contributed by atoms with Crippen molar-refractivity contribution < 1.29 is 9.59 Å². The van der Waals surface area contributed by atoms with Gasteiger partial charge in [0.15, 0.2) is 5.78 Å². The number of carbonyl (C=O) groups is 2. The second kappa shape index (κ2) is 13.2. The summed E-state index contributed by atoms with van der Waals surface area (Å²) in [6.45, 7) is 8.19. The van der Waals surface area contributed by atoms with Gasteiger partial charge >= 0.3 is 0 Å². The van der Waals surface area contributed by atoms with Crippen molar-refractivity contribution in [2.45, 2.75) is 77.4 Å². The summed E-state index contributed by atoms with van der Waals surface area (Å²) in [5, 5.41) is 3.21. The molecule has 5 nitrogen and oxygen atoms in total. The van der Waals surface area contributed by atoms with Gasteiger partial charge in [-0.25, -0.2) is 0 Å². The molecule has 2 aromatic rings. The number of benzene rings is 2. The Bertz CT molecular complexity index is 990. The largest absolute Gasteiger partial charge is 0.345 e. The molecule has 2 atom stereocenters. The monoisotopic (exact) mass is 489 g/mol.